The van der Waals surface area contributed by atoms with E-state index in [1.807, 2.05) is 13.8 Å². The van der Waals surface area contributed by atoms with Gasteiger partial charge in [-0.1, -0.05) is 13.8 Å². The Bertz CT molecular complexity index is 859. The summed E-state index contributed by atoms with van der Waals surface area (Å²) in [4.78, 5) is 59.4. The molecule has 0 aliphatic heterocycles. The van der Waals surface area contributed by atoms with Crippen molar-refractivity contribution in [3.63, 3.8) is 0 Å². The van der Waals surface area contributed by atoms with Gasteiger partial charge in [0, 0.05) is 5.56 Å². The van der Waals surface area contributed by atoms with Crippen molar-refractivity contribution < 1.29 is 33.8 Å². The Morgan fingerprint density at radius 3 is 2.00 bits per heavy atom. The lowest BCUT2D eigenvalue weighted by molar-refractivity contribution is -0.139. The molecule has 4 N–H and O–H groups in total. The fraction of sp³-hybridized carbons (Fsp3) is 0.500. The first-order valence-electron chi connectivity index (χ1n) is 10.1. The molecule has 1 rings (SSSR count). The minimum atomic E-state index is -1.24. The Hall–Kier alpha value is -3.43. The number of carboxylic acids is 1. The van der Waals surface area contributed by atoms with Gasteiger partial charge in [0.25, 0.3) is 5.91 Å². The van der Waals surface area contributed by atoms with Crippen molar-refractivity contribution in [1.29, 1.82) is 0 Å². The van der Waals surface area contributed by atoms with Gasteiger partial charge in [-0.2, -0.15) is 0 Å². The van der Waals surface area contributed by atoms with Crippen LogP contribution in [0.2, 0.25) is 0 Å². The van der Waals surface area contributed by atoms with Crippen LogP contribution in [0.25, 0.3) is 0 Å². The molecule has 0 saturated heterocycles. The number of carboxylic acid groups (broad SMARTS) is 1. The van der Waals surface area contributed by atoms with E-state index in [0.29, 0.717) is 17.6 Å². The standard InChI is InChI=1S/C22H31N3O7/c1-11(2)18(25-21(30)15-7-12(3)19(32-6)13(4)8-15)22(31)23-14(5)20(29)24-16(10-26)9-17(27)28/h7-8,10-11,14,16,18H,9H2,1-6H3,(H,23,31)(H,24,29)(H,25,30)(H,27,28)/t14-,16-,18?/m0/s1. The molecule has 3 atom stereocenters. The van der Waals surface area contributed by atoms with E-state index in [4.69, 9.17) is 9.84 Å². The highest BCUT2D eigenvalue weighted by Crippen LogP contribution is 2.24. The summed E-state index contributed by atoms with van der Waals surface area (Å²) >= 11 is 0. The molecular formula is C22H31N3O7. The predicted molar refractivity (Wildman–Crippen MR) is 116 cm³/mol. The molecule has 0 aliphatic carbocycles. The Labute approximate surface area is 187 Å². The molecule has 10 heteroatoms. The van der Waals surface area contributed by atoms with Crippen LogP contribution in [0.4, 0.5) is 0 Å². The molecule has 0 aromatic heterocycles. The van der Waals surface area contributed by atoms with Crippen LogP contribution in [0.15, 0.2) is 12.1 Å². The van der Waals surface area contributed by atoms with Crippen molar-refractivity contribution >= 4 is 30.0 Å². The van der Waals surface area contributed by atoms with Gasteiger partial charge >= 0.3 is 5.97 Å². The number of rotatable bonds is 11. The van der Waals surface area contributed by atoms with Gasteiger partial charge in [-0.15, -0.1) is 0 Å². The first kappa shape index (κ1) is 26.6. The normalized spacial score (nSPS) is 13.5. The molecule has 10 nitrogen and oxygen atoms in total. The van der Waals surface area contributed by atoms with Crippen molar-refractivity contribution in [3.8, 4) is 5.75 Å². The van der Waals surface area contributed by atoms with Gasteiger partial charge in [-0.05, 0) is 49.9 Å². The quantitative estimate of drug-likeness (QED) is 0.364. The third kappa shape index (κ3) is 7.36. The molecule has 1 aromatic carbocycles. The summed E-state index contributed by atoms with van der Waals surface area (Å²) in [7, 11) is 1.55. The maximum Gasteiger partial charge on any atom is 0.305 e. The smallest absolute Gasteiger partial charge is 0.305 e. The van der Waals surface area contributed by atoms with Crippen molar-refractivity contribution in [1.82, 2.24) is 16.0 Å². The Morgan fingerprint density at radius 2 is 1.56 bits per heavy atom. The van der Waals surface area contributed by atoms with E-state index in [0.717, 1.165) is 11.1 Å². The molecule has 1 unspecified atom stereocenters. The Kier molecular flexibility index (Phi) is 9.83. The fourth-order valence-corrected chi connectivity index (χ4v) is 3.16. The second-order valence-corrected chi connectivity index (χ2v) is 7.92. The van der Waals surface area contributed by atoms with E-state index in [9.17, 15) is 24.0 Å². The summed E-state index contributed by atoms with van der Waals surface area (Å²) in [5.41, 5.74) is 1.92. The van der Waals surface area contributed by atoms with Crippen LogP contribution in [-0.4, -0.2) is 60.3 Å². The molecule has 0 spiro atoms. The molecule has 0 bridgehead atoms. The average molecular weight is 450 g/mol. The number of ether oxygens (including phenoxy) is 1. The van der Waals surface area contributed by atoms with Gasteiger partial charge in [0.2, 0.25) is 11.8 Å². The molecule has 0 saturated carbocycles. The van der Waals surface area contributed by atoms with Gasteiger partial charge in [0.15, 0.2) is 0 Å². The number of aryl methyl sites for hydroxylation is 2. The molecule has 3 amide bonds. The average Bonchev–Trinajstić information content (AvgIpc) is 2.69. The van der Waals surface area contributed by atoms with Gasteiger partial charge in [0.1, 0.15) is 24.1 Å². The Morgan fingerprint density at radius 1 is 1.00 bits per heavy atom. The second kappa shape index (κ2) is 11.8. The van der Waals surface area contributed by atoms with Crippen LogP contribution >= 0.6 is 0 Å². The predicted octanol–water partition coefficient (Wildman–Crippen LogP) is 0.730. The van der Waals surface area contributed by atoms with Crippen LogP contribution < -0.4 is 20.7 Å². The van der Waals surface area contributed by atoms with E-state index >= 15 is 0 Å². The first-order valence-corrected chi connectivity index (χ1v) is 10.1. The van der Waals surface area contributed by atoms with Crippen LogP contribution in [0.3, 0.4) is 0 Å². The highest BCUT2D eigenvalue weighted by molar-refractivity contribution is 5.99. The van der Waals surface area contributed by atoms with Crippen molar-refractivity contribution in [3.05, 3.63) is 28.8 Å². The van der Waals surface area contributed by atoms with E-state index in [1.165, 1.54) is 6.92 Å². The molecule has 0 fully saturated rings. The molecular weight excluding hydrogens is 418 g/mol. The van der Waals surface area contributed by atoms with E-state index in [1.54, 1.807) is 33.1 Å². The molecule has 0 radical (unpaired) electrons. The SMILES string of the molecule is COc1c(C)cc(C(=O)NC(C(=O)N[C@@H](C)C(=O)N[C@H](C=O)CC(=O)O)C(C)C)cc1C. The summed E-state index contributed by atoms with van der Waals surface area (Å²) in [5.74, 6) is -2.61. The number of aldehydes is 1. The number of benzene rings is 1. The number of carbonyl (C=O) groups is 5. The Balaban J connectivity index is 2.88. The van der Waals surface area contributed by atoms with Crippen LogP contribution in [0.5, 0.6) is 5.75 Å². The minimum absolute atomic E-state index is 0.288. The number of hydrogen-bond donors (Lipinski definition) is 4. The lowest BCUT2D eigenvalue weighted by Gasteiger charge is -2.24. The lowest BCUT2D eigenvalue weighted by Crippen LogP contribution is -2.55. The fourth-order valence-electron chi connectivity index (χ4n) is 3.16. The summed E-state index contributed by atoms with van der Waals surface area (Å²) in [6.07, 6.45) is -0.252. The van der Waals surface area contributed by atoms with E-state index < -0.39 is 48.2 Å². The van der Waals surface area contributed by atoms with Gasteiger partial charge in [0.05, 0.1) is 19.6 Å². The maximum atomic E-state index is 12.8. The number of hydrogen-bond acceptors (Lipinski definition) is 6. The van der Waals surface area contributed by atoms with E-state index in [2.05, 4.69) is 16.0 Å². The maximum absolute atomic E-state index is 12.8. The van der Waals surface area contributed by atoms with Gasteiger partial charge in [-0.25, -0.2) is 0 Å². The third-order valence-corrected chi connectivity index (χ3v) is 4.80. The molecule has 0 heterocycles. The van der Waals surface area contributed by atoms with Crippen LogP contribution in [-0.2, 0) is 19.2 Å². The molecule has 0 aliphatic rings. The summed E-state index contributed by atoms with van der Waals surface area (Å²) in [6, 6.07) is 0.133. The van der Waals surface area contributed by atoms with Crippen molar-refractivity contribution in [2.75, 3.05) is 7.11 Å². The van der Waals surface area contributed by atoms with Crippen LogP contribution in [0.1, 0.15) is 48.7 Å². The minimum Gasteiger partial charge on any atom is -0.496 e. The number of methoxy groups -OCH3 is 1. The van der Waals surface area contributed by atoms with Gasteiger partial charge < -0.3 is 30.6 Å². The zero-order valence-corrected chi connectivity index (χ0v) is 19.1. The first-order chi connectivity index (χ1) is 14.9. The van der Waals surface area contributed by atoms with E-state index in [-0.39, 0.29) is 5.92 Å². The zero-order chi connectivity index (χ0) is 24.6. The zero-order valence-electron chi connectivity index (χ0n) is 19.1. The van der Waals surface area contributed by atoms with Crippen molar-refractivity contribution in [2.45, 2.75) is 59.2 Å². The molecule has 1 aromatic rings. The third-order valence-electron chi connectivity index (χ3n) is 4.80. The van der Waals surface area contributed by atoms with Crippen LogP contribution in [0, 0.1) is 19.8 Å². The number of carbonyl (C=O) groups excluding carboxylic acids is 4. The second-order valence-electron chi connectivity index (χ2n) is 7.92. The highest BCUT2D eigenvalue weighted by Gasteiger charge is 2.28. The number of aliphatic carboxylic acids is 1. The van der Waals surface area contributed by atoms with Crippen molar-refractivity contribution in [2.24, 2.45) is 5.92 Å². The monoisotopic (exact) mass is 449 g/mol. The summed E-state index contributed by atoms with van der Waals surface area (Å²) in [6.45, 7) is 8.51. The molecule has 176 valence electrons. The van der Waals surface area contributed by atoms with Gasteiger partial charge in [-0.3, -0.25) is 19.2 Å². The highest BCUT2D eigenvalue weighted by atomic mass is 16.5. The number of amides is 3. The number of nitrogens with one attached hydrogen (secondary N) is 3. The lowest BCUT2D eigenvalue weighted by atomic mass is 10.0. The topological polar surface area (TPSA) is 151 Å². The largest absolute Gasteiger partial charge is 0.496 e. The molecule has 32 heavy (non-hydrogen) atoms. The summed E-state index contributed by atoms with van der Waals surface area (Å²) < 4.78 is 5.30. The summed E-state index contributed by atoms with van der Waals surface area (Å²) in [5, 5.41) is 16.2.